The minimum absolute atomic E-state index is 0.112. The van der Waals surface area contributed by atoms with E-state index in [4.69, 9.17) is 0 Å². The van der Waals surface area contributed by atoms with Crippen LogP contribution in [-0.2, 0) is 0 Å². The molecule has 1 heterocycles. The van der Waals surface area contributed by atoms with Crippen molar-refractivity contribution in [3.05, 3.63) is 23.8 Å². The van der Waals surface area contributed by atoms with Gasteiger partial charge in [-0.25, -0.2) is 4.79 Å². The molecule has 1 saturated heterocycles. The molecule has 0 aromatic heterocycles. The van der Waals surface area contributed by atoms with E-state index in [0.29, 0.717) is 0 Å². The number of hydrogen-bond donors (Lipinski definition) is 2. The van der Waals surface area contributed by atoms with E-state index < -0.39 is 0 Å². The topological polar surface area (TPSA) is 47.6 Å². The molecule has 1 aromatic carbocycles. The summed E-state index contributed by atoms with van der Waals surface area (Å²) in [5, 5.41) is 6.02. The molecule has 1 aliphatic rings. The molecule has 5 nitrogen and oxygen atoms in total. The summed E-state index contributed by atoms with van der Waals surface area (Å²) < 4.78 is 0. The number of aryl methyl sites for hydroxylation is 1. The van der Waals surface area contributed by atoms with Crippen LogP contribution in [0.1, 0.15) is 45.1 Å². The molecule has 0 spiro atoms. The van der Waals surface area contributed by atoms with E-state index in [2.05, 4.69) is 60.4 Å². The summed E-state index contributed by atoms with van der Waals surface area (Å²) in [7, 11) is 2.16. The molecule has 1 fully saturated rings. The molecule has 0 saturated carbocycles. The summed E-state index contributed by atoms with van der Waals surface area (Å²) >= 11 is 0. The Balaban J connectivity index is 1.86. The first-order chi connectivity index (χ1) is 12.0. The summed E-state index contributed by atoms with van der Waals surface area (Å²) in [6.45, 7) is 10.6. The van der Waals surface area contributed by atoms with Crippen LogP contribution in [0.4, 0.5) is 16.2 Å². The van der Waals surface area contributed by atoms with E-state index in [9.17, 15) is 4.79 Å². The molecule has 5 heteroatoms. The monoisotopic (exact) mass is 346 g/mol. The number of urea groups is 1. The fraction of sp³-hybridized carbons (Fsp3) is 0.650. The first-order valence-corrected chi connectivity index (χ1v) is 9.61. The molecular weight excluding hydrogens is 312 g/mol. The number of hydrogen-bond acceptors (Lipinski definition) is 3. The third-order valence-electron chi connectivity index (χ3n) is 4.94. The van der Waals surface area contributed by atoms with E-state index in [1.165, 1.54) is 18.5 Å². The van der Waals surface area contributed by atoms with Crippen LogP contribution in [0.15, 0.2) is 18.2 Å². The maximum atomic E-state index is 12.2. The Kier molecular flexibility index (Phi) is 7.56. The lowest BCUT2D eigenvalue weighted by atomic mass is 10.1. The van der Waals surface area contributed by atoms with Crippen LogP contribution in [0.3, 0.4) is 0 Å². The lowest BCUT2D eigenvalue weighted by Gasteiger charge is -2.34. The maximum Gasteiger partial charge on any atom is 0.319 e. The third kappa shape index (κ3) is 6.24. The van der Waals surface area contributed by atoms with Gasteiger partial charge in [0, 0.05) is 43.6 Å². The van der Waals surface area contributed by atoms with Crippen LogP contribution in [0, 0.1) is 6.92 Å². The predicted octanol–water partition coefficient (Wildman–Crippen LogP) is 3.84. The largest absolute Gasteiger partial charge is 0.369 e. The molecule has 0 radical (unpaired) electrons. The van der Waals surface area contributed by atoms with Crippen LogP contribution in [-0.4, -0.2) is 50.2 Å². The highest BCUT2D eigenvalue weighted by molar-refractivity contribution is 5.90. The molecule has 0 unspecified atom stereocenters. The number of rotatable bonds is 7. The molecule has 2 N–H and O–H groups in total. The number of carbonyl (C=O) groups excluding carboxylic acids is 1. The highest BCUT2D eigenvalue weighted by Gasteiger charge is 2.15. The van der Waals surface area contributed by atoms with Crippen molar-refractivity contribution in [1.82, 2.24) is 10.2 Å². The number of carbonyl (C=O) groups is 1. The van der Waals surface area contributed by atoms with Gasteiger partial charge in [-0.3, -0.25) is 0 Å². The van der Waals surface area contributed by atoms with Crippen molar-refractivity contribution < 1.29 is 4.79 Å². The molecule has 25 heavy (non-hydrogen) atoms. The molecule has 2 rings (SSSR count). The Hall–Kier alpha value is -1.75. The van der Waals surface area contributed by atoms with Crippen molar-refractivity contribution in [3.63, 3.8) is 0 Å². The average Bonchev–Trinajstić information content (AvgIpc) is 2.57. The van der Waals surface area contributed by atoms with Gasteiger partial charge in [-0.2, -0.15) is 0 Å². The van der Waals surface area contributed by atoms with Gasteiger partial charge in [0.15, 0.2) is 0 Å². The highest BCUT2D eigenvalue weighted by atomic mass is 16.2. The number of unbranched alkanes of at least 4 members (excludes halogenated alkanes) is 2. The quantitative estimate of drug-likeness (QED) is 0.738. The maximum absolute atomic E-state index is 12.2. The Labute approximate surface area is 152 Å². The summed E-state index contributed by atoms with van der Waals surface area (Å²) in [6, 6.07) is 6.39. The Bertz CT molecular complexity index is 553. The molecule has 0 bridgehead atoms. The van der Waals surface area contributed by atoms with Crippen molar-refractivity contribution >= 4 is 17.4 Å². The zero-order valence-electron chi connectivity index (χ0n) is 16.3. The Morgan fingerprint density at radius 1 is 1.20 bits per heavy atom. The molecule has 140 valence electrons. The van der Waals surface area contributed by atoms with Crippen molar-refractivity contribution in [2.24, 2.45) is 0 Å². The summed E-state index contributed by atoms with van der Waals surface area (Å²) in [6.07, 6.45) is 4.62. The minimum atomic E-state index is -0.112. The zero-order valence-corrected chi connectivity index (χ0v) is 16.3. The van der Waals surface area contributed by atoms with Crippen LogP contribution in [0.25, 0.3) is 0 Å². The number of amides is 2. The van der Waals surface area contributed by atoms with Gasteiger partial charge in [0.05, 0.1) is 0 Å². The number of piperazine rings is 1. The van der Waals surface area contributed by atoms with Gasteiger partial charge in [0.1, 0.15) is 0 Å². The summed E-state index contributed by atoms with van der Waals surface area (Å²) in [5.74, 6) is 0. The molecule has 0 aliphatic carbocycles. The molecule has 2 amide bonds. The second-order valence-electron chi connectivity index (χ2n) is 7.28. The molecular formula is C20H34N4O. The van der Waals surface area contributed by atoms with Gasteiger partial charge in [0.2, 0.25) is 0 Å². The number of nitrogens with one attached hydrogen (secondary N) is 2. The van der Waals surface area contributed by atoms with E-state index >= 15 is 0 Å². The van der Waals surface area contributed by atoms with Crippen molar-refractivity contribution in [1.29, 1.82) is 0 Å². The Morgan fingerprint density at radius 2 is 1.92 bits per heavy atom. The predicted molar refractivity (Wildman–Crippen MR) is 107 cm³/mol. The summed E-state index contributed by atoms with van der Waals surface area (Å²) in [5.41, 5.74) is 3.23. The normalized spacial score (nSPS) is 16.6. The van der Waals surface area contributed by atoms with Gasteiger partial charge in [0.25, 0.3) is 0 Å². The minimum Gasteiger partial charge on any atom is -0.369 e. The van der Waals surface area contributed by atoms with Gasteiger partial charge in [-0.05, 0) is 51.1 Å². The third-order valence-corrected chi connectivity index (χ3v) is 4.94. The average molecular weight is 347 g/mol. The van der Waals surface area contributed by atoms with E-state index in [1.54, 1.807) is 0 Å². The smallest absolute Gasteiger partial charge is 0.319 e. The van der Waals surface area contributed by atoms with Crippen molar-refractivity contribution in [2.45, 2.75) is 52.5 Å². The molecule has 1 aromatic rings. The fourth-order valence-electron chi connectivity index (χ4n) is 3.20. The van der Waals surface area contributed by atoms with Gasteiger partial charge < -0.3 is 20.4 Å². The van der Waals surface area contributed by atoms with Crippen LogP contribution in [0.5, 0.6) is 0 Å². The van der Waals surface area contributed by atoms with Gasteiger partial charge >= 0.3 is 6.03 Å². The SMILES string of the molecule is CCCCC[C@H](C)NC(=O)Nc1ccc(N2CCN(C)CC2)cc1C. The highest BCUT2D eigenvalue weighted by Crippen LogP contribution is 2.23. The van der Waals surface area contributed by atoms with Crippen LogP contribution in [0.2, 0.25) is 0 Å². The Morgan fingerprint density at radius 3 is 2.56 bits per heavy atom. The second kappa shape index (κ2) is 9.66. The van der Waals surface area contributed by atoms with Crippen molar-refractivity contribution in [2.75, 3.05) is 43.4 Å². The number of nitrogens with zero attached hydrogens (tertiary/aromatic N) is 2. The van der Waals surface area contributed by atoms with Crippen LogP contribution >= 0.6 is 0 Å². The lowest BCUT2D eigenvalue weighted by molar-refractivity contribution is 0.248. The van der Waals surface area contributed by atoms with E-state index in [-0.39, 0.29) is 12.1 Å². The van der Waals surface area contributed by atoms with Gasteiger partial charge in [-0.1, -0.05) is 26.2 Å². The fourth-order valence-corrected chi connectivity index (χ4v) is 3.20. The number of anilines is 2. The number of likely N-dealkylation sites (N-methyl/N-ethyl adjacent to an activating group) is 1. The first kappa shape index (κ1) is 19.6. The standard InChI is InChI=1S/C20H34N4O/c1-5-6-7-8-17(3)21-20(25)22-19-10-9-18(15-16(19)2)24-13-11-23(4)12-14-24/h9-10,15,17H,5-8,11-14H2,1-4H3,(H2,21,22,25)/t17-/m0/s1. The lowest BCUT2D eigenvalue weighted by Crippen LogP contribution is -2.44. The number of benzene rings is 1. The first-order valence-electron chi connectivity index (χ1n) is 9.61. The second-order valence-corrected chi connectivity index (χ2v) is 7.28. The van der Waals surface area contributed by atoms with E-state index in [1.807, 2.05) is 6.07 Å². The van der Waals surface area contributed by atoms with Crippen LogP contribution < -0.4 is 15.5 Å². The van der Waals surface area contributed by atoms with E-state index in [0.717, 1.165) is 50.3 Å². The summed E-state index contributed by atoms with van der Waals surface area (Å²) in [4.78, 5) is 17.0. The molecule has 1 atom stereocenters. The zero-order chi connectivity index (χ0) is 18.2. The molecule has 1 aliphatic heterocycles. The van der Waals surface area contributed by atoms with Gasteiger partial charge in [-0.15, -0.1) is 0 Å². The van der Waals surface area contributed by atoms with Crippen molar-refractivity contribution in [3.8, 4) is 0 Å².